The standard InChI is InChI=1S/C13H20FNOS/c1-10(15)13(17-8-4-7-16-2)11-5-3-6-12(14)9-11/h3,5-6,9-10,13H,4,7-8,15H2,1-2H3. The van der Waals surface area contributed by atoms with Crippen molar-refractivity contribution in [3.8, 4) is 0 Å². The van der Waals surface area contributed by atoms with Crippen molar-refractivity contribution in [1.82, 2.24) is 0 Å². The minimum absolute atomic E-state index is 0.00402. The van der Waals surface area contributed by atoms with Crippen molar-refractivity contribution in [2.75, 3.05) is 19.5 Å². The molecule has 0 aromatic heterocycles. The third-order valence-corrected chi connectivity index (χ3v) is 4.03. The van der Waals surface area contributed by atoms with Gasteiger partial charge in [-0.05, 0) is 36.8 Å². The molecule has 2 N–H and O–H groups in total. The van der Waals surface area contributed by atoms with Gasteiger partial charge in [0.05, 0.1) is 0 Å². The molecule has 2 atom stereocenters. The van der Waals surface area contributed by atoms with Crippen LogP contribution in [0.1, 0.15) is 24.2 Å². The first-order valence-corrected chi connectivity index (χ1v) is 6.81. The summed E-state index contributed by atoms with van der Waals surface area (Å²) in [5, 5.41) is 0.141. The number of thioether (sulfide) groups is 1. The largest absolute Gasteiger partial charge is 0.385 e. The van der Waals surface area contributed by atoms with E-state index in [2.05, 4.69) is 0 Å². The smallest absolute Gasteiger partial charge is 0.123 e. The lowest BCUT2D eigenvalue weighted by Crippen LogP contribution is -2.23. The van der Waals surface area contributed by atoms with Crippen LogP contribution >= 0.6 is 11.8 Å². The minimum atomic E-state index is -0.203. The fourth-order valence-electron chi connectivity index (χ4n) is 1.65. The fourth-order valence-corrected chi connectivity index (χ4v) is 2.83. The van der Waals surface area contributed by atoms with Crippen molar-refractivity contribution in [2.24, 2.45) is 5.73 Å². The molecule has 0 aliphatic heterocycles. The van der Waals surface area contributed by atoms with E-state index in [9.17, 15) is 4.39 Å². The highest BCUT2D eigenvalue weighted by Crippen LogP contribution is 2.31. The molecule has 0 radical (unpaired) electrons. The molecule has 0 saturated carbocycles. The first-order chi connectivity index (χ1) is 8.15. The van der Waals surface area contributed by atoms with Crippen molar-refractivity contribution in [2.45, 2.75) is 24.6 Å². The summed E-state index contributed by atoms with van der Waals surface area (Å²) in [5.74, 6) is 0.766. The molecular weight excluding hydrogens is 237 g/mol. The SMILES string of the molecule is COCCCSC(c1cccc(F)c1)C(C)N. The van der Waals surface area contributed by atoms with Gasteiger partial charge < -0.3 is 10.5 Å². The molecule has 4 heteroatoms. The summed E-state index contributed by atoms with van der Waals surface area (Å²) in [4.78, 5) is 0. The van der Waals surface area contributed by atoms with Crippen molar-refractivity contribution < 1.29 is 9.13 Å². The molecule has 0 aliphatic rings. The maximum Gasteiger partial charge on any atom is 0.123 e. The van der Waals surface area contributed by atoms with Gasteiger partial charge in [-0.2, -0.15) is 11.8 Å². The number of nitrogens with two attached hydrogens (primary N) is 1. The number of ether oxygens (including phenoxy) is 1. The van der Waals surface area contributed by atoms with E-state index in [0.717, 1.165) is 24.3 Å². The van der Waals surface area contributed by atoms with Crippen LogP contribution in [0.15, 0.2) is 24.3 Å². The van der Waals surface area contributed by atoms with E-state index in [1.54, 1.807) is 31.0 Å². The van der Waals surface area contributed by atoms with Crippen LogP contribution in [0.2, 0.25) is 0 Å². The second-order valence-corrected chi connectivity index (χ2v) is 5.30. The Morgan fingerprint density at radius 1 is 1.47 bits per heavy atom. The Kier molecular flexibility index (Phi) is 6.55. The van der Waals surface area contributed by atoms with Gasteiger partial charge in [-0.15, -0.1) is 0 Å². The van der Waals surface area contributed by atoms with Gasteiger partial charge in [0.25, 0.3) is 0 Å². The van der Waals surface area contributed by atoms with Gasteiger partial charge in [0.2, 0.25) is 0 Å². The van der Waals surface area contributed by atoms with Gasteiger partial charge in [-0.25, -0.2) is 4.39 Å². The maximum atomic E-state index is 13.2. The average molecular weight is 257 g/mol. The molecule has 1 aromatic rings. The topological polar surface area (TPSA) is 35.2 Å². The van der Waals surface area contributed by atoms with Crippen LogP contribution < -0.4 is 5.73 Å². The van der Waals surface area contributed by atoms with E-state index in [0.29, 0.717) is 0 Å². The molecular formula is C13H20FNOS. The lowest BCUT2D eigenvalue weighted by molar-refractivity contribution is 0.200. The number of benzene rings is 1. The Balaban J connectivity index is 2.59. The Morgan fingerprint density at radius 3 is 2.82 bits per heavy atom. The van der Waals surface area contributed by atoms with Crippen LogP contribution in [0.25, 0.3) is 0 Å². The van der Waals surface area contributed by atoms with Crippen LogP contribution in [0.3, 0.4) is 0 Å². The van der Waals surface area contributed by atoms with Crippen LogP contribution in [0.5, 0.6) is 0 Å². The van der Waals surface area contributed by atoms with Gasteiger partial charge in [-0.1, -0.05) is 12.1 Å². The lowest BCUT2D eigenvalue weighted by Gasteiger charge is -2.20. The van der Waals surface area contributed by atoms with E-state index in [1.807, 2.05) is 13.0 Å². The summed E-state index contributed by atoms with van der Waals surface area (Å²) >= 11 is 1.76. The molecule has 0 heterocycles. The maximum absolute atomic E-state index is 13.2. The first kappa shape index (κ1) is 14.5. The second-order valence-electron chi connectivity index (χ2n) is 4.05. The highest BCUT2D eigenvalue weighted by atomic mass is 32.2. The Morgan fingerprint density at radius 2 is 2.24 bits per heavy atom. The predicted molar refractivity (Wildman–Crippen MR) is 71.7 cm³/mol. The van der Waals surface area contributed by atoms with Crippen molar-refractivity contribution in [1.29, 1.82) is 0 Å². The number of hydrogen-bond acceptors (Lipinski definition) is 3. The number of rotatable bonds is 7. The molecule has 2 nitrogen and oxygen atoms in total. The third kappa shape index (κ3) is 5.06. The predicted octanol–water partition coefficient (Wildman–Crippen LogP) is 2.98. The summed E-state index contributed by atoms with van der Waals surface area (Å²) in [5.41, 5.74) is 6.92. The minimum Gasteiger partial charge on any atom is -0.385 e. The summed E-state index contributed by atoms with van der Waals surface area (Å²) in [6.07, 6.45) is 0.986. The van der Waals surface area contributed by atoms with Crippen LogP contribution in [-0.2, 0) is 4.74 Å². The van der Waals surface area contributed by atoms with Crippen LogP contribution in [0, 0.1) is 5.82 Å². The normalized spacial score (nSPS) is 14.6. The lowest BCUT2D eigenvalue weighted by atomic mass is 10.1. The quantitative estimate of drug-likeness (QED) is 0.763. The van der Waals surface area contributed by atoms with E-state index >= 15 is 0 Å². The summed E-state index contributed by atoms with van der Waals surface area (Å²) in [7, 11) is 1.69. The number of hydrogen-bond donors (Lipinski definition) is 1. The van der Waals surface area contributed by atoms with Crippen molar-refractivity contribution in [3.05, 3.63) is 35.6 Å². The van der Waals surface area contributed by atoms with E-state index in [4.69, 9.17) is 10.5 Å². The van der Waals surface area contributed by atoms with Crippen molar-refractivity contribution >= 4 is 11.8 Å². The highest BCUT2D eigenvalue weighted by molar-refractivity contribution is 7.99. The molecule has 0 aliphatic carbocycles. The zero-order valence-corrected chi connectivity index (χ0v) is 11.2. The zero-order chi connectivity index (χ0) is 12.7. The van der Waals surface area contributed by atoms with Gasteiger partial charge in [0.15, 0.2) is 0 Å². The van der Waals surface area contributed by atoms with Crippen LogP contribution in [0.4, 0.5) is 4.39 Å². The Bertz CT molecular complexity index is 333. The second kappa shape index (κ2) is 7.69. The molecule has 0 amide bonds. The van der Waals surface area contributed by atoms with Gasteiger partial charge in [0.1, 0.15) is 5.82 Å². The molecule has 0 spiro atoms. The van der Waals surface area contributed by atoms with Gasteiger partial charge in [-0.3, -0.25) is 0 Å². The number of methoxy groups -OCH3 is 1. The molecule has 1 aromatic carbocycles. The monoisotopic (exact) mass is 257 g/mol. The Labute approximate surface area is 107 Å². The number of halogens is 1. The Hall–Kier alpha value is -0.580. The van der Waals surface area contributed by atoms with Gasteiger partial charge >= 0.3 is 0 Å². The van der Waals surface area contributed by atoms with E-state index in [1.165, 1.54) is 6.07 Å². The van der Waals surface area contributed by atoms with E-state index < -0.39 is 0 Å². The summed E-state index contributed by atoms with van der Waals surface area (Å²) < 4.78 is 18.2. The molecule has 0 saturated heterocycles. The van der Waals surface area contributed by atoms with Crippen molar-refractivity contribution in [3.63, 3.8) is 0 Å². The average Bonchev–Trinajstić information content (AvgIpc) is 2.28. The fraction of sp³-hybridized carbons (Fsp3) is 0.538. The highest BCUT2D eigenvalue weighted by Gasteiger charge is 2.16. The third-order valence-electron chi connectivity index (χ3n) is 2.44. The van der Waals surface area contributed by atoms with Crippen LogP contribution in [-0.4, -0.2) is 25.5 Å². The molecule has 0 fully saturated rings. The first-order valence-electron chi connectivity index (χ1n) is 5.76. The summed E-state index contributed by atoms with van der Waals surface area (Å²) in [6, 6.07) is 6.69. The van der Waals surface area contributed by atoms with E-state index in [-0.39, 0.29) is 17.1 Å². The molecule has 2 unspecified atom stereocenters. The zero-order valence-electron chi connectivity index (χ0n) is 10.4. The molecule has 17 heavy (non-hydrogen) atoms. The molecule has 0 bridgehead atoms. The summed E-state index contributed by atoms with van der Waals surface area (Å²) in [6.45, 7) is 2.71. The molecule has 96 valence electrons. The molecule has 1 rings (SSSR count). The van der Waals surface area contributed by atoms with Gasteiger partial charge in [0, 0.05) is 25.0 Å².